The number of allylic oxidation sites excluding steroid dienone is 1. The molecule has 1 aromatic carbocycles. The highest BCUT2D eigenvalue weighted by Crippen LogP contribution is 2.35. The number of hydrogen-bond donors (Lipinski definition) is 0. The van der Waals surface area contributed by atoms with Crippen LogP contribution in [0.15, 0.2) is 23.2 Å². The van der Waals surface area contributed by atoms with Crippen LogP contribution in [0.5, 0.6) is 0 Å². The molecule has 0 unspecified atom stereocenters. The molecule has 0 aliphatic carbocycles. The second-order valence-corrected chi connectivity index (χ2v) is 4.25. The molecule has 0 bridgehead atoms. The van der Waals surface area contributed by atoms with Crippen molar-refractivity contribution in [2.24, 2.45) is 0 Å². The minimum absolute atomic E-state index is 0.156. The molecule has 4 heteroatoms. The van der Waals surface area contributed by atoms with E-state index in [1.54, 1.807) is 19.9 Å². The summed E-state index contributed by atoms with van der Waals surface area (Å²) in [6.45, 7) is 6.47. The van der Waals surface area contributed by atoms with E-state index in [0.717, 1.165) is 10.0 Å². The summed E-state index contributed by atoms with van der Waals surface area (Å²) in [4.78, 5) is 0. The van der Waals surface area contributed by atoms with Crippen LogP contribution in [0.3, 0.4) is 0 Å². The minimum Gasteiger partial charge on any atom is -0.166 e. The quantitative estimate of drug-likeness (QED) is 0.702. The second kappa shape index (κ2) is 4.00. The summed E-state index contributed by atoms with van der Waals surface area (Å²) >= 11 is 3.27. The predicted octanol–water partition coefficient (Wildman–Crippen LogP) is 4.64. The fourth-order valence-electron chi connectivity index (χ4n) is 1.26. The van der Waals surface area contributed by atoms with Crippen molar-refractivity contribution in [3.63, 3.8) is 0 Å². The maximum absolute atomic E-state index is 12.4. The second-order valence-electron chi connectivity index (χ2n) is 3.39. The Morgan fingerprint density at radius 2 is 1.73 bits per heavy atom. The summed E-state index contributed by atoms with van der Waals surface area (Å²) in [5.41, 5.74) is 0.689. The van der Waals surface area contributed by atoms with Gasteiger partial charge in [-0.2, -0.15) is 13.2 Å². The average molecular weight is 279 g/mol. The van der Waals surface area contributed by atoms with Crippen molar-refractivity contribution in [1.29, 1.82) is 0 Å². The summed E-state index contributed by atoms with van der Waals surface area (Å²) in [7, 11) is 0. The minimum atomic E-state index is -4.37. The zero-order chi connectivity index (χ0) is 11.8. The lowest BCUT2D eigenvalue weighted by atomic mass is 9.99. The molecule has 0 radical (unpaired) electrons. The van der Waals surface area contributed by atoms with Crippen LogP contribution in [0.1, 0.15) is 16.7 Å². The van der Waals surface area contributed by atoms with E-state index in [9.17, 15) is 13.2 Å². The molecule has 0 nitrogen and oxygen atoms in total. The van der Waals surface area contributed by atoms with Crippen molar-refractivity contribution in [3.8, 4) is 0 Å². The van der Waals surface area contributed by atoms with E-state index in [1.165, 1.54) is 6.07 Å². The van der Waals surface area contributed by atoms with Crippen molar-refractivity contribution in [1.82, 2.24) is 0 Å². The average Bonchev–Trinajstić information content (AvgIpc) is 2.08. The van der Waals surface area contributed by atoms with E-state index in [4.69, 9.17) is 0 Å². The van der Waals surface area contributed by atoms with E-state index in [2.05, 4.69) is 22.5 Å². The van der Waals surface area contributed by atoms with E-state index < -0.39 is 11.7 Å². The molecular formula is C11H10BrF3. The molecule has 15 heavy (non-hydrogen) atoms. The van der Waals surface area contributed by atoms with Gasteiger partial charge in [-0.3, -0.25) is 0 Å². The zero-order valence-electron chi connectivity index (χ0n) is 8.37. The molecule has 0 saturated heterocycles. The highest BCUT2D eigenvalue weighted by molar-refractivity contribution is 9.10. The predicted molar refractivity (Wildman–Crippen MR) is 58.7 cm³/mol. The third-order valence-corrected chi connectivity index (χ3v) is 3.03. The molecule has 0 saturated carbocycles. The van der Waals surface area contributed by atoms with Crippen LogP contribution in [0, 0.1) is 13.8 Å². The van der Waals surface area contributed by atoms with Gasteiger partial charge in [0.05, 0.1) is 5.57 Å². The molecule has 0 amide bonds. The molecule has 0 spiro atoms. The molecule has 0 heterocycles. The van der Waals surface area contributed by atoms with Gasteiger partial charge in [0.25, 0.3) is 0 Å². The molecule has 82 valence electrons. The lowest BCUT2D eigenvalue weighted by Gasteiger charge is -2.14. The van der Waals surface area contributed by atoms with Gasteiger partial charge in [0.1, 0.15) is 0 Å². The van der Waals surface area contributed by atoms with Crippen LogP contribution in [-0.4, -0.2) is 6.18 Å². The lowest BCUT2D eigenvalue weighted by molar-refractivity contribution is -0.0687. The van der Waals surface area contributed by atoms with Crippen LogP contribution in [0.4, 0.5) is 13.2 Å². The SMILES string of the molecule is C=C(c1cc(C)c(Br)cc1C)C(F)(F)F. The van der Waals surface area contributed by atoms with Gasteiger partial charge in [0, 0.05) is 4.47 Å². The van der Waals surface area contributed by atoms with Gasteiger partial charge in [-0.25, -0.2) is 0 Å². The van der Waals surface area contributed by atoms with Gasteiger partial charge in [0.2, 0.25) is 0 Å². The Bertz CT molecular complexity index is 405. The Labute approximate surface area is 94.9 Å². The normalized spacial score (nSPS) is 11.6. The first-order valence-corrected chi connectivity index (χ1v) is 5.06. The largest absolute Gasteiger partial charge is 0.416 e. The van der Waals surface area contributed by atoms with Gasteiger partial charge >= 0.3 is 6.18 Å². The van der Waals surface area contributed by atoms with Crippen molar-refractivity contribution < 1.29 is 13.2 Å². The third kappa shape index (κ3) is 2.62. The number of alkyl halides is 3. The summed E-state index contributed by atoms with van der Waals surface area (Å²) in [5.74, 6) is 0. The highest BCUT2D eigenvalue weighted by Gasteiger charge is 2.33. The fraction of sp³-hybridized carbons (Fsp3) is 0.273. The summed E-state index contributed by atoms with van der Waals surface area (Å²) in [5, 5.41) is 0. The molecule has 1 rings (SSSR count). The number of benzene rings is 1. The Morgan fingerprint density at radius 3 is 2.20 bits per heavy atom. The van der Waals surface area contributed by atoms with Crippen LogP contribution >= 0.6 is 15.9 Å². The zero-order valence-corrected chi connectivity index (χ0v) is 9.96. The summed E-state index contributed by atoms with van der Waals surface area (Å²) in [6, 6.07) is 3.16. The molecular weight excluding hydrogens is 269 g/mol. The monoisotopic (exact) mass is 278 g/mol. The first-order chi connectivity index (χ1) is 6.73. The van der Waals surface area contributed by atoms with Crippen molar-refractivity contribution in [2.75, 3.05) is 0 Å². The number of halogens is 4. The molecule has 0 aromatic heterocycles. The lowest BCUT2D eigenvalue weighted by Crippen LogP contribution is -2.10. The van der Waals surface area contributed by atoms with E-state index in [0.29, 0.717) is 5.56 Å². The van der Waals surface area contributed by atoms with E-state index in [1.807, 2.05) is 0 Å². The van der Waals surface area contributed by atoms with Gasteiger partial charge in [-0.15, -0.1) is 0 Å². The van der Waals surface area contributed by atoms with E-state index >= 15 is 0 Å². The van der Waals surface area contributed by atoms with Crippen molar-refractivity contribution in [2.45, 2.75) is 20.0 Å². The summed E-state index contributed by atoms with van der Waals surface area (Å²) < 4.78 is 38.1. The maximum Gasteiger partial charge on any atom is 0.416 e. The van der Waals surface area contributed by atoms with Crippen LogP contribution in [0.2, 0.25) is 0 Å². The number of aryl methyl sites for hydroxylation is 2. The molecule has 0 atom stereocenters. The molecule has 0 fully saturated rings. The van der Waals surface area contributed by atoms with Gasteiger partial charge < -0.3 is 0 Å². The van der Waals surface area contributed by atoms with Crippen LogP contribution in [-0.2, 0) is 0 Å². The Hall–Kier alpha value is -0.770. The number of rotatable bonds is 1. The maximum atomic E-state index is 12.4. The Morgan fingerprint density at radius 1 is 1.20 bits per heavy atom. The smallest absolute Gasteiger partial charge is 0.166 e. The Balaban J connectivity index is 3.28. The van der Waals surface area contributed by atoms with Gasteiger partial charge in [-0.1, -0.05) is 28.6 Å². The topological polar surface area (TPSA) is 0 Å². The highest BCUT2D eigenvalue weighted by atomic mass is 79.9. The standard InChI is InChI=1S/C11H10BrF3/c1-6-5-10(12)7(2)4-9(6)8(3)11(13,14)15/h4-5H,3H2,1-2H3. The third-order valence-electron chi connectivity index (χ3n) is 2.17. The van der Waals surface area contributed by atoms with Crippen LogP contribution in [0.25, 0.3) is 5.57 Å². The molecule has 0 aliphatic heterocycles. The van der Waals surface area contributed by atoms with Crippen molar-refractivity contribution in [3.05, 3.63) is 39.9 Å². The van der Waals surface area contributed by atoms with Gasteiger partial charge in [-0.05, 0) is 36.6 Å². The molecule has 1 aromatic rings. The first kappa shape index (κ1) is 12.3. The first-order valence-electron chi connectivity index (χ1n) is 4.26. The van der Waals surface area contributed by atoms with Crippen molar-refractivity contribution >= 4 is 21.5 Å². The summed E-state index contributed by atoms with van der Waals surface area (Å²) in [6.07, 6.45) is -4.37. The fourth-order valence-corrected chi connectivity index (χ4v) is 1.72. The molecule has 0 aliphatic rings. The van der Waals surface area contributed by atoms with Crippen LogP contribution < -0.4 is 0 Å². The van der Waals surface area contributed by atoms with Gasteiger partial charge in [0.15, 0.2) is 0 Å². The number of hydrogen-bond acceptors (Lipinski definition) is 0. The Kier molecular flexibility index (Phi) is 3.28. The molecule has 0 N–H and O–H groups in total. The van der Waals surface area contributed by atoms with E-state index in [-0.39, 0.29) is 5.56 Å².